The molecule has 0 radical (unpaired) electrons. The maximum Gasteiger partial charge on any atom is 0.224 e. The van der Waals surface area contributed by atoms with Crippen LogP contribution in [-0.4, -0.2) is 27.4 Å². The van der Waals surface area contributed by atoms with Gasteiger partial charge in [0.15, 0.2) is 0 Å². The van der Waals surface area contributed by atoms with Crippen molar-refractivity contribution in [1.82, 2.24) is 20.3 Å². The molecule has 0 saturated heterocycles. The van der Waals surface area contributed by atoms with Gasteiger partial charge in [-0.2, -0.15) is 0 Å². The molecule has 3 N–H and O–H groups in total. The summed E-state index contributed by atoms with van der Waals surface area (Å²) in [6.45, 7) is 2.57. The second kappa shape index (κ2) is 6.43. The number of carbonyl (C=O) groups excluding carboxylic acids is 1. The van der Waals surface area contributed by atoms with E-state index in [2.05, 4.69) is 32.4 Å². The molecule has 2 aromatic carbocycles. The summed E-state index contributed by atoms with van der Waals surface area (Å²) in [6, 6.07) is 14.2. The van der Waals surface area contributed by atoms with Crippen LogP contribution in [-0.2, 0) is 17.6 Å². The number of nitrogens with one attached hydrogen (secondary N) is 3. The van der Waals surface area contributed by atoms with Crippen LogP contribution in [0.25, 0.3) is 21.9 Å². The fourth-order valence-electron chi connectivity index (χ4n) is 3.20. The first-order valence-electron chi connectivity index (χ1n) is 8.46. The molecular formula is C20H20N4O. The van der Waals surface area contributed by atoms with Crippen molar-refractivity contribution in [3.05, 3.63) is 65.6 Å². The maximum atomic E-state index is 12.2. The van der Waals surface area contributed by atoms with Crippen molar-refractivity contribution in [2.75, 3.05) is 6.54 Å². The molecule has 0 saturated carbocycles. The molecule has 126 valence electrons. The van der Waals surface area contributed by atoms with Crippen LogP contribution in [0.3, 0.4) is 0 Å². The second-order valence-electron chi connectivity index (χ2n) is 6.31. The highest BCUT2D eigenvalue weighted by atomic mass is 16.1. The summed E-state index contributed by atoms with van der Waals surface area (Å²) in [4.78, 5) is 23.1. The second-order valence-corrected chi connectivity index (χ2v) is 6.31. The van der Waals surface area contributed by atoms with Crippen molar-refractivity contribution in [3.63, 3.8) is 0 Å². The fraction of sp³-hybridized carbons (Fsp3) is 0.200. The monoisotopic (exact) mass is 332 g/mol. The molecule has 0 atom stereocenters. The number of aromatic amines is 2. The molecule has 4 aromatic rings. The summed E-state index contributed by atoms with van der Waals surface area (Å²) >= 11 is 0. The molecular weight excluding hydrogens is 312 g/mol. The Labute approximate surface area is 145 Å². The Bertz CT molecular complexity index is 1040. The van der Waals surface area contributed by atoms with Gasteiger partial charge < -0.3 is 15.3 Å². The van der Waals surface area contributed by atoms with Crippen LogP contribution < -0.4 is 5.32 Å². The molecule has 0 unspecified atom stereocenters. The van der Waals surface area contributed by atoms with E-state index in [0.29, 0.717) is 13.0 Å². The predicted molar refractivity (Wildman–Crippen MR) is 99.5 cm³/mol. The van der Waals surface area contributed by atoms with Gasteiger partial charge in [-0.3, -0.25) is 4.79 Å². The number of fused-ring (bicyclic) bond motifs is 2. The maximum absolute atomic E-state index is 12.2. The fourth-order valence-corrected chi connectivity index (χ4v) is 3.20. The van der Waals surface area contributed by atoms with E-state index in [4.69, 9.17) is 0 Å². The highest BCUT2D eigenvalue weighted by molar-refractivity contribution is 5.88. The Hall–Kier alpha value is -3.08. The zero-order valence-electron chi connectivity index (χ0n) is 14.1. The van der Waals surface area contributed by atoms with E-state index >= 15 is 0 Å². The lowest BCUT2D eigenvalue weighted by atomic mass is 10.1. The molecule has 2 aromatic heterocycles. The van der Waals surface area contributed by atoms with Crippen LogP contribution in [0.15, 0.2) is 48.7 Å². The van der Waals surface area contributed by atoms with Gasteiger partial charge in [-0.05, 0) is 42.7 Å². The molecule has 5 nitrogen and oxygen atoms in total. The lowest BCUT2D eigenvalue weighted by molar-refractivity contribution is -0.120. The van der Waals surface area contributed by atoms with E-state index in [9.17, 15) is 4.79 Å². The number of rotatable bonds is 5. The minimum atomic E-state index is 0.0446. The summed E-state index contributed by atoms with van der Waals surface area (Å²) < 4.78 is 0. The third kappa shape index (κ3) is 3.26. The van der Waals surface area contributed by atoms with Crippen LogP contribution >= 0.6 is 0 Å². The topological polar surface area (TPSA) is 73.6 Å². The molecule has 2 heterocycles. The Kier molecular flexibility index (Phi) is 3.98. The quantitative estimate of drug-likeness (QED) is 0.525. The molecule has 0 fully saturated rings. The van der Waals surface area contributed by atoms with Gasteiger partial charge in [0.25, 0.3) is 0 Å². The number of hydrogen-bond acceptors (Lipinski definition) is 2. The SMILES string of the molecule is Cc1nc2ccc(CCNC(=O)Cc3c[nH]c4ccccc34)cc2[nH]1. The van der Waals surface area contributed by atoms with Gasteiger partial charge in [-0.15, -0.1) is 0 Å². The van der Waals surface area contributed by atoms with Crippen molar-refractivity contribution < 1.29 is 4.79 Å². The largest absolute Gasteiger partial charge is 0.361 e. The van der Waals surface area contributed by atoms with E-state index in [1.807, 2.05) is 43.5 Å². The number of benzene rings is 2. The molecule has 0 aliphatic rings. The van der Waals surface area contributed by atoms with Crippen LogP contribution in [0.4, 0.5) is 0 Å². The molecule has 4 rings (SSSR count). The molecule has 0 bridgehead atoms. The van der Waals surface area contributed by atoms with Crippen LogP contribution in [0.1, 0.15) is 17.0 Å². The van der Waals surface area contributed by atoms with Crippen molar-refractivity contribution in [2.45, 2.75) is 19.8 Å². The molecule has 0 aliphatic carbocycles. The molecule has 0 spiro atoms. The summed E-state index contributed by atoms with van der Waals surface area (Å²) in [5, 5.41) is 4.12. The van der Waals surface area contributed by atoms with Gasteiger partial charge in [0.1, 0.15) is 5.82 Å². The molecule has 25 heavy (non-hydrogen) atoms. The Morgan fingerprint density at radius 1 is 1.16 bits per heavy atom. The van der Waals surface area contributed by atoms with E-state index in [-0.39, 0.29) is 5.91 Å². The van der Waals surface area contributed by atoms with E-state index in [0.717, 1.165) is 39.7 Å². The van der Waals surface area contributed by atoms with E-state index < -0.39 is 0 Å². The number of imidazole rings is 1. The van der Waals surface area contributed by atoms with Gasteiger partial charge in [-0.25, -0.2) is 4.98 Å². The first-order valence-corrected chi connectivity index (χ1v) is 8.46. The normalized spacial score (nSPS) is 11.2. The van der Waals surface area contributed by atoms with E-state index in [1.165, 1.54) is 5.56 Å². The van der Waals surface area contributed by atoms with Crippen LogP contribution in [0.2, 0.25) is 0 Å². The molecule has 1 amide bonds. The van der Waals surface area contributed by atoms with Crippen LogP contribution in [0.5, 0.6) is 0 Å². The first kappa shape index (κ1) is 15.4. The van der Waals surface area contributed by atoms with Gasteiger partial charge in [-0.1, -0.05) is 24.3 Å². The Morgan fingerprint density at radius 3 is 2.96 bits per heavy atom. The highest BCUT2D eigenvalue weighted by Crippen LogP contribution is 2.18. The average molecular weight is 332 g/mol. The van der Waals surface area contributed by atoms with Gasteiger partial charge in [0.2, 0.25) is 5.91 Å². The van der Waals surface area contributed by atoms with Crippen molar-refractivity contribution in [2.24, 2.45) is 0 Å². The number of aromatic nitrogens is 3. The number of amides is 1. The van der Waals surface area contributed by atoms with Gasteiger partial charge in [0.05, 0.1) is 17.5 Å². The molecule has 5 heteroatoms. The minimum absolute atomic E-state index is 0.0446. The van der Waals surface area contributed by atoms with Crippen LogP contribution in [0, 0.1) is 6.92 Å². The number of hydrogen-bond donors (Lipinski definition) is 3. The van der Waals surface area contributed by atoms with Crippen molar-refractivity contribution in [3.8, 4) is 0 Å². The summed E-state index contributed by atoms with van der Waals surface area (Å²) in [5.74, 6) is 0.961. The lowest BCUT2D eigenvalue weighted by Crippen LogP contribution is -2.27. The van der Waals surface area contributed by atoms with Crippen molar-refractivity contribution >= 4 is 27.8 Å². The summed E-state index contributed by atoms with van der Waals surface area (Å²) in [5.41, 5.74) is 5.30. The highest BCUT2D eigenvalue weighted by Gasteiger charge is 2.08. The lowest BCUT2D eigenvalue weighted by Gasteiger charge is -2.05. The minimum Gasteiger partial charge on any atom is -0.361 e. The average Bonchev–Trinajstić information content (AvgIpc) is 3.17. The van der Waals surface area contributed by atoms with Gasteiger partial charge in [0, 0.05) is 23.6 Å². The van der Waals surface area contributed by atoms with E-state index in [1.54, 1.807) is 0 Å². The third-order valence-corrected chi connectivity index (χ3v) is 4.43. The zero-order chi connectivity index (χ0) is 17.2. The van der Waals surface area contributed by atoms with Crippen molar-refractivity contribution in [1.29, 1.82) is 0 Å². The number of aryl methyl sites for hydroxylation is 1. The summed E-state index contributed by atoms with van der Waals surface area (Å²) in [7, 11) is 0. The molecule has 0 aliphatic heterocycles. The Morgan fingerprint density at radius 2 is 2.04 bits per heavy atom. The number of nitrogens with zero attached hydrogens (tertiary/aromatic N) is 1. The number of H-pyrrole nitrogens is 2. The summed E-state index contributed by atoms with van der Waals surface area (Å²) in [6.07, 6.45) is 3.11. The van der Waals surface area contributed by atoms with Gasteiger partial charge >= 0.3 is 0 Å². The number of carbonyl (C=O) groups is 1. The predicted octanol–water partition coefficient (Wildman–Crippen LogP) is 3.25. The standard InChI is InChI=1S/C20H20N4O/c1-13-23-18-7-6-14(10-19(18)24-13)8-9-21-20(25)11-15-12-22-17-5-3-2-4-16(15)17/h2-7,10,12,22H,8-9,11H2,1H3,(H,21,25)(H,23,24). The smallest absolute Gasteiger partial charge is 0.224 e. The Balaban J connectivity index is 1.35. The third-order valence-electron chi connectivity index (χ3n) is 4.43. The zero-order valence-corrected chi connectivity index (χ0v) is 14.1. The number of para-hydroxylation sites is 1. The first-order chi connectivity index (χ1) is 12.2.